The Hall–Kier alpha value is -2.81. The number of nitrogens with one attached hydrogen (secondary N) is 1. The minimum atomic E-state index is -4.33. The fourth-order valence-electron chi connectivity index (χ4n) is 2.52. The Morgan fingerprint density at radius 2 is 1.87 bits per heavy atom. The molecule has 1 aromatic carbocycles. The molecule has 0 aliphatic heterocycles. The number of benzene rings is 1. The van der Waals surface area contributed by atoms with E-state index in [1.807, 2.05) is 0 Å². The first-order valence-corrected chi connectivity index (χ1v) is 9.35. The molecule has 162 valence electrons. The van der Waals surface area contributed by atoms with Gasteiger partial charge in [-0.25, -0.2) is 4.98 Å². The number of hydrogen-bond acceptors (Lipinski definition) is 5. The largest absolute Gasteiger partial charge is 0.484 e. The second kappa shape index (κ2) is 10.8. The predicted octanol–water partition coefficient (Wildman–Crippen LogP) is 4.49. The van der Waals surface area contributed by atoms with E-state index < -0.39 is 30.6 Å². The number of methoxy groups -OCH3 is 1. The van der Waals surface area contributed by atoms with Crippen LogP contribution < -0.4 is 10.1 Å². The quantitative estimate of drug-likeness (QED) is 0.455. The van der Waals surface area contributed by atoms with E-state index in [9.17, 15) is 22.8 Å². The van der Waals surface area contributed by atoms with Crippen molar-refractivity contribution in [1.82, 2.24) is 10.3 Å². The van der Waals surface area contributed by atoms with Crippen LogP contribution in [0.3, 0.4) is 0 Å². The predicted molar refractivity (Wildman–Crippen MR) is 103 cm³/mol. The van der Waals surface area contributed by atoms with Crippen LogP contribution in [-0.2, 0) is 9.53 Å². The standard InChI is InChI=1S/C20H20ClF3N2O4/c1-29-18(27)9-11-25-19(28)14-4-2-13(3-5-14)16(8-10-20(22,23)24)30-15-6-7-17(21)26-12-15/h2-7,12,16H,8-11H2,1H3,(H,25,28). The van der Waals surface area contributed by atoms with E-state index in [0.717, 1.165) is 0 Å². The van der Waals surface area contributed by atoms with E-state index in [1.54, 1.807) is 0 Å². The molecule has 2 rings (SSSR count). The number of nitrogens with zero attached hydrogens (tertiary/aromatic N) is 1. The number of rotatable bonds is 9. The molecule has 1 N–H and O–H groups in total. The second-order valence-corrected chi connectivity index (χ2v) is 6.67. The first kappa shape index (κ1) is 23.5. The minimum absolute atomic E-state index is 0.0306. The molecular weight excluding hydrogens is 425 g/mol. The van der Waals surface area contributed by atoms with Crippen LogP contribution in [0.2, 0.25) is 5.15 Å². The summed E-state index contributed by atoms with van der Waals surface area (Å²) >= 11 is 5.72. The molecule has 0 saturated carbocycles. The molecule has 0 bridgehead atoms. The average molecular weight is 445 g/mol. The van der Waals surface area contributed by atoms with Crippen molar-refractivity contribution in [2.24, 2.45) is 0 Å². The van der Waals surface area contributed by atoms with Gasteiger partial charge in [0, 0.05) is 18.5 Å². The van der Waals surface area contributed by atoms with Crippen molar-refractivity contribution in [2.45, 2.75) is 31.5 Å². The second-order valence-electron chi connectivity index (χ2n) is 6.28. The van der Waals surface area contributed by atoms with E-state index in [1.165, 1.54) is 49.7 Å². The molecule has 0 radical (unpaired) electrons. The van der Waals surface area contributed by atoms with Gasteiger partial charge in [0.25, 0.3) is 5.91 Å². The van der Waals surface area contributed by atoms with Crippen LogP contribution >= 0.6 is 11.6 Å². The third kappa shape index (κ3) is 7.90. The number of pyridine rings is 1. The molecule has 0 aliphatic rings. The van der Waals surface area contributed by atoms with Crippen LogP contribution in [0.5, 0.6) is 5.75 Å². The number of halogens is 4. The molecule has 0 saturated heterocycles. The summed E-state index contributed by atoms with van der Waals surface area (Å²) in [6.07, 6.45) is -5.22. The van der Waals surface area contributed by atoms with Crippen LogP contribution in [0.25, 0.3) is 0 Å². The van der Waals surface area contributed by atoms with Gasteiger partial charge in [0.1, 0.15) is 17.0 Å². The third-order valence-corrected chi connectivity index (χ3v) is 4.28. The highest BCUT2D eigenvalue weighted by atomic mass is 35.5. The van der Waals surface area contributed by atoms with Crippen molar-refractivity contribution in [1.29, 1.82) is 0 Å². The van der Waals surface area contributed by atoms with Crippen molar-refractivity contribution >= 4 is 23.5 Å². The Balaban J connectivity index is 2.08. The lowest BCUT2D eigenvalue weighted by molar-refractivity contribution is -0.140. The first-order valence-electron chi connectivity index (χ1n) is 8.98. The lowest BCUT2D eigenvalue weighted by Crippen LogP contribution is -2.26. The molecule has 1 aromatic heterocycles. The molecular formula is C20H20ClF3N2O4. The maximum atomic E-state index is 12.7. The van der Waals surface area contributed by atoms with Gasteiger partial charge in [0.2, 0.25) is 0 Å². The van der Waals surface area contributed by atoms with Crippen molar-refractivity contribution in [3.8, 4) is 5.75 Å². The van der Waals surface area contributed by atoms with Crippen molar-refractivity contribution < 1.29 is 32.2 Å². The maximum Gasteiger partial charge on any atom is 0.389 e. The highest BCUT2D eigenvalue weighted by Gasteiger charge is 2.29. The Kier molecular flexibility index (Phi) is 8.46. The Morgan fingerprint density at radius 3 is 2.43 bits per heavy atom. The molecule has 30 heavy (non-hydrogen) atoms. The van der Waals surface area contributed by atoms with Crippen molar-refractivity contribution in [3.63, 3.8) is 0 Å². The smallest absolute Gasteiger partial charge is 0.389 e. The fourth-order valence-corrected chi connectivity index (χ4v) is 2.63. The number of ether oxygens (including phenoxy) is 2. The van der Waals surface area contributed by atoms with Crippen LogP contribution in [-0.4, -0.2) is 36.7 Å². The minimum Gasteiger partial charge on any atom is -0.484 e. The summed E-state index contributed by atoms with van der Waals surface area (Å²) in [7, 11) is 1.25. The van der Waals surface area contributed by atoms with Crippen molar-refractivity contribution in [2.75, 3.05) is 13.7 Å². The van der Waals surface area contributed by atoms with Crippen LogP contribution in [0.1, 0.15) is 41.3 Å². The zero-order valence-electron chi connectivity index (χ0n) is 16.0. The first-order chi connectivity index (χ1) is 14.2. The van der Waals surface area contributed by atoms with E-state index in [4.69, 9.17) is 16.3 Å². The number of amides is 1. The summed E-state index contributed by atoms with van der Waals surface area (Å²) in [5.74, 6) is -0.594. The molecule has 0 aliphatic carbocycles. The Bertz CT molecular complexity index is 843. The molecule has 0 fully saturated rings. The van der Waals surface area contributed by atoms with Gasteiger partial charge in [-0.3, -0.25) is 9.59 Å². The summed E-state index contributed by atoms with van der Waals surface area (Å²) in [6.45, 7) is 0.105. The summed E-state index contributed by atoms with van der Waals surface area (Å²) in [4.78, 5) is 27.0. The summed E-state index contributed by atoms with van der Waals surface area (Å²) in [5, 5.41) is 2.80. The zero-order valence-corrected chi connectivity index (χ0v) is 16.8. The topological polar surface area (TPSA) is 77.5 Å². The average Bonchev–Trinajstić information content (AvgIpc) is 2.71. The Labute approximate surface area is 176 Å². The number of hydrogen-bond donors (Lipinski definition) is 1. The van der Waals surface area contributed by atoms with Crippen LogP contribution in [0.15, 0.2) is 42.6 Å². The van der Waals surface area contributed by atoms with Gasteiger partial charge in [-0.15, -0.1) is 0 Å². The van der Waals surface area contributed by atoms with Gasteiger partial charge >= 0.3 is 12.1 Å². The molecule has 1 heterocycles. The highest BCUT2D eigenvalue weighted by molar-refractivity contribution is 6.29. The van der Waals surface area contributed by atoms with Crippen LogP contribution in [0.4, 0.5) is 13.2 Å². The van der Waals surface area contributed by atoms with E-state index >= 15 is 0 Å². The molecule has 10 heteroatoms. The van der Waals surface area contributed by atoms with Crippen LogP contribution in [0, 0.1) is 0 Å². The van der Waals surface area contributed by atoms with Gasteiger partial charge in [0.15, 0.2) is 0 Å². The molecule has 1 amide bonds. The molecule has 0 spiro atoms. The monoisotopic (exact) mass is 444 g/mol. The summed E-state index contributed by atoms with van der Waals surface area (Å²) in [6, 6.07) is 9.00. The van der Waals surface area contributed by atoms with Gasteiger partial charge in [-0.1, -0.05) is 23.7 Å². The molecule has 2 aromatic rings. The van der Waals surface area contributed by atoms with Crippen molar-refractivity contribution in [3.05, 3.63) is 58.9 Å². The van der Waals surface area contributed by atoms with Gasteiger partial charge in [0.05, 0.1) is 19.7 Å². The molecule has 6 nitrogen and oxygen atoms in total. The lowest BCUT2D eigenvalue weighted by Gasteiger charge is -2.20. The normalized spacial score (nSPS) is 12.2. The molecule has 1 unspecified atom stereocenters. The van der Waals surface area contributed by atoms with E-state index in [0.29, 0.717) is 11.1 Å². The SMILES string of the molecule is COC(=O)CCNC(=O)c1ccc(C(CCC(F)(F)F)Oc2ccc(Cl)nc2)cc1. The summed E-state index contributed by atoms with van der Waals surface area (Å²) < 4.78 is 48.3. The number of aromatic nitrogens is 1. The van der Waals surface area contributed by atoms with Gasteiger partial charge in [-0.05, 0) is 36.2 Å². The number of alkyl halides is 3. The van der Waals surface area contributed by atoms with E-state index in [2.05, 4.69) is 15.0 Å². The zero-order chi connectivity index (χ0) is 22.1. The Morgan fingerprint density at radius 1 is 1.17 bits per heavy atom. The van der Waals surface area contributed by atoms with E-state index in [-0.39, 0.29) is 30.3 Å². The van der Waals surface area contributed by atoms with Gasteiger partial charge < -0.3 is 14.8 Å². The maximum absolute atomic E-state index is 12.7. The molecule has 1 atom stereocenters. The summed E-state index contributed by atoms with van der Waals surface area (Å²) in [5.41, 5.74) is 0.770. The number of carbonyl (C=O) groups excluding carboxylic acids is 2. The van der Waals surface area contributed by atoms with Gasteiger partial charge in [-0.2, -0.15) is 13.2 Å². The highest BCUT2D eigenvalue weighted by Crippen LogP contribution is 2.31. The third-order valence-electron chi connectivity index (χ3n) is 4.06. The number of esters is 1. The lowest BCUT2D eigenvalue weighted by atomic mass is 10.0. The fraction of sp³-hybridized carbons (Fsp3) is 0.350. The number of carbonyl (C=O) groups is 2.